The van der Waals surface area contributed by atoms with Crippen LogP contribution in [-0.2, 0) is 0 Å². The molecule has 2 rings (SSSR count). The van der Waals surface area contributed by atoms with Crippen LogP contribution in [0.5, 0.6) is 0 Å². The van der Waals surface area contributed by atoms with Crippen LogP contribution in [0.2, 0.25) is 5.02 Å². The summed E-state index contributed by atoms with van der Waals surface area (Å²) in [5.74, 6) is 0.0857. The van der Waals surface area contributed by atoms with Crippen molar-refractivity contribution in [1.82, 2.24) is 15.3 Å². The minimum atomic E-state index is -0.580. The Morgan fingerprint density at radius 3 is 2.90 bits per heavy atom. The largest absolute Gasteiger partial charge is 0.347 e. The van der Waals surface area contributed by atoms with Gasteiger partial charge in [-0.1, -0.05) is 11.6 Å². The number of nitrogens with one attached hydrogen (secondary N) is 2. The molecule has 1 amide bonds. The van der Waals surface area contributed by atoms with E-state index in [4.69, 9.17) is 11.6 Å². The maximum atomic E-state index is 12.1. The van der Waals surface area contributed by atoms with E-state index in [2.05, 4.69) is 15.3 Å². The Bertz CT molecular complexity index is 642. The summed E-state index contributed by atoms with van der Waals surface area (Å²) in [7, 11) is 0. The Morgan fingerprint density at radius 2 is 2.30 bits per heavy atom. The van der Waals surface area contributed by atoms with Gasteiger partial charge < -0.3 is 10.3 Å². The number of aromatic nitrogens is 2. The number of carbonyl (C=O) groups excluding carboxylic acids is 1. The van der Waals surface area contributed by atoms with Crippen molar-refractivity contribution in [2.75, 3.05) is 0 Å². The van der Waals surface area contributed by atoms with Crippen LogP contribution in [0.3, 0.4) is 0 Å². The van der Waals surface area contributed by atoms with Gasteiger partial charge in [0.25, 0.3) is 11.6 Å². The lowest BCUT2D eigenvalue weighted by molar-refractivity contribution is -0.384. The maximum Gasteiger partial charge on any atom is 0.270 e. The topological polar surface area (TPSA) is 101 Å². The van der Waals surface area contributed by atoms with Crippen LogP contribution in [-0.4, -0.2) is 20.8 Å². The third-order valence-corrected chi connectivity index (χ3v) is 3.01. The molecule has 0 spiro atoms. The van der Waals surface area contributed by atoms with Crippen LogP contribution in [0.4, 0.5) is 5.69 Å². The molecule has 0 aliphatic rings. The van der Waals surface area contributed by atoms with Crippen molar-refractivity contribution >= 4 is 23.2 Å². The Balaban J connectivity index is 2.20. The van der Waals surface area contributed by atoms with Crippen LogP contribution < -0.4 is 5.32 Å². The third-order valence-electron chi connectivity index (χ3n) is 2.68. The molecule has 0 bridgehead atoms. The van der Waals surface area contributed by atoms with Gasteiger partial charge in [0.1, 0.15) is 5.82 Å². The minimum Gasteiger partial charge on any atom is -0.347 e. The normalized spacial score (nSPS) is 11.9. The van der Waals surface area contributed by atoms with E-state index < -0.39 is 10.8 Å². The molecule has 7 nitrogen and oxygen atoms in total. The number of benzene rings is 1. The highest BCUT2D eigenvalue weighted by atomic mass is 35.5. The van der Waals surface area contributed by atoms with Gasteiger partial charge in [-0.2, -0.15) is 0 Å². The number of aromatic amines is 1. The van der Waals surface area contributed by atoms with Gasteiger partial charge in [-0.25, -0.2) is 4.98 Å². The second kappa shape index (κ2) is 5.70. The summed E-state index contributed by atoms with van der Waals surface area (Å²) in [6, 6.07) is 3.35. The summed E-state index contributed by atoms with van der Waals surface area (Å²) >= 11 is 5.90. The zero-order valence-electron chi connectivity index (χ0n) is 10.5. The first-order valence-electron chi connectivity index (χ1n) is 5.73. The molecule has 8 heteroatoms. The van der Waals surface area contributed by atoms with Crippen molar-refractivity contribution in [2.45, 2.75) is 13.0 Å². The smallest absolute Gasteiger partial charge is 0.270 e. The minimum absolute atomic E-state index is 0.0549. The SMILES string of the molecule is CC(NC(=O)c1cc([N+](=O)[O-])ccc1Cl)c1ncc[nH]1. The lowest BCUT2D eigenvalue weighted by Gasteiger charge is -2.12. The van der Waals surface area contributed by atoms with E-state index in [0.29, 0.717) is 5.82 Å². The first-order valence-corrected chi connectivity index (χ1v) is 6.11. The van der Waals surface area contributed by atoms with E-state index in [9.17, 15) is 14.9 Å². The van der Waals surface area contributed by atoms with E-state index in [1.807, 2.05) is 0 Å². The van der Waals surface area contributed by atoms with Gasteiger partial charge in [-0.3, -0.25) is 14.9 Å². The van der Waals surface area contributed by atoms with Gasteiger partial charge in [0.05, 0.1) is 21.6 Å². The first-order chi connectivity index (χ1) is 9.49. The number of H-pyrrole nitrogens is 1. The first kappa shape index (κ1) is 14.0. The molecule has 20 heavy (non-hydrogen) atoms. The number of imidazole rings is 1. The molecule has 104 valence electrons. The van der Waals surface area contributed by atoms with Gasteiger partial charge in [-0.15, -0.1) is 0 Å². The number of nitro benzene ring substituents is 1. The standard InChI is InChI=1S/C12H11ClN4O3/c1-7(11-14-4-5-15-11)16-12(18)9-6-8(17(19)20)2-3-10(9)13/h2-7H,1H3,(H,14,15)(H,16,18). The molecule has 1 aromatic heterocycles. The summed E-state index contributed by atoms with van der Waals surface area (Å²) in [4.78, 5) is 29.1. The Labute approximate surface area is 119 Å². The van der Waals surface area contributed by atoms with E-state index in [1.54, 1.807) is 19.3 Å². The molecule has 1 heterocycles. The molecule has 0 saturated heterocycles. The number of halogens is 1. The molecule has 2 aromatic rings. The second-order valence-corrected chi connectivity index (χ2v) is 4.50. The summed E-state index contributed by atoms with van der Waals surface area (Å²) in [6.45, 7) is 1.74. The molecular weight excluding hydrogens is 284 g/mol. The van der Waals surface area contributed by atoms with E-state index in [0.717, 1.165) is 6.07 Å². The van der Waals surface area contributed by atoms with Gasteiger partial charge >= 0.3 is 0 Å². The van der Waals surface area contributed by atoms with Gasteiger partial charge in [0.2, 0.25) is 0 Å². The van der Waals surface area contributed by atoms with Crippen LogP contribution >= 0.6 is 11.6 Å². The van der Waals surface area contributed by atoms with E-state index >= 15 is 0 Å². The number of nitrogens with zero attached hydrogens (tertiary/aromatic N) is 2. The molecule has 0 saturated carbocycles. The number of amides is 1. The highest BCUT2D eigenvalue weighted by Gasteiger charge is 2.18. The number of carbonyl (C=O) groups is 1. The van der Waals surface area contributed by atoms with Crippen molar-refractivity contribution in [3.05, 3.63) is 57.1 Å². The summed E-state index contributed by atoms with van der Waals surface area (Å²) in [6.07, 6.45) is 3.21. The average molecular weight is 295 g/mol. The molecule has 0 aliphatic carbocycles. The van der Waals surface area contributed by atoms with Crippen LogP contribution in [0, 0.1) is 10.1 Å². The molecule has 1 atom stereocenters. The number of non-ortho nitro benzene ring substituents is 1. The zero-order chi connectivity index (χ0) is 14.7. The highest BCUT2D eigenvalue weighted by molar-refractivity contribution is 6.33. The quantitative estimate of drug-likeness (QED) is 0.668. The average Bonchev–Trinajstić information content (AvgIpc) is 2.92. The van der Waals surface area contributed by atoms with Crippen LogP contribution in [0.1, 0.15) is 29.1 Å². The fraction of sp³-hybridized carbons (Fsp3) is 0.167. The van der Waals surface area contributed by atoms with E-state index in [1.165, 1.54) is 12.1 Å². The van der Waals surface area contributed by atoms with Gasteiger partial charge in [0, 0.05) is 24.5 Å². The van der Waals surface area contributed by atoms with Crippen molar-refractivity contribution in [3.8, 4) is 0 Å². The van der Waals surface area contributed by atoms with Crippen LogP contribution in [0.15, 0.2) is 30.6 Å². The van der Waals surface area contributed by atoms with Gasteiger partial charge in [0.15, 0.2) is 0 Å². The van der Waals surface area contributed by atoms with Crippen molar-refractivity contribution in [2.24, 2.45) is 0 Å². The lowest BCUT2D eigenvalue weighted by Crippen LogP contribution is -2.27. The van der Waals surface area contributed by atoms with Gasteiger partial charge in [-0.05, 0) is 13.0 Å². The fourth-order valence-corrected chi connectivity index (χ4v) is 1.86. The Hall–Kier alpha value is -2.41. The number of rotatable bonds is 4. The lowest BCUT2D eigenvalue weighted by atomic mass is 10.1. The highest BCUT2D eigenvalue weighted by Crippen LogP contribution is 2.22. The number of nitro groups is 1. The van der Waals surface area contributed by atoms with Crippen molar-refractivity contribution in [3.63, 3.8) is 0 Å². The summed E-state index contributed by atoms with van der Waals surface area (Å²) in [5.41, 5.74) is -0.135. The fourth-order valence-electron chi connectivity index (χ4n) is 1.66. The predicted molar refractivity (Wildman–Crippen MR) is 72.6 cm³/mol. The maximum absolute atomic E-state index is 12.1. The van der Waals surface area contributed by atoms with E-state index in [-0.39, 0.29) is 22.3 Å². The van der Waals surface area contributed by atoms with Crippen LogP contribution in [0.25, 0.3) is 0 Å². The Morgan fingerprint density at radius 1 is 1.55 bits per heavy atom. The predicted octanol–water partition coefficient (Wildman–Crippen LogP) is 2.46. The molecule has 0 aliphatic heterocycles. The molecule has 2 N–H and O–H groups in total. The number of hydrogen-bond acceptors (Lipinski definition) is 4. The third kappa shape index (κ3) is 2.94. The second-order valence-electron chi connectivity index (χ2n) is 4.09. The molecule has 1 unspecified atom stereocenters. The Kier molecular flexibility index (Phi) is 3.99. The molecule has 0 fully saturated rings. The van der Waals surface area contributed by atoms with Crippen molar-refractivity contribution in [1.29, 1.82) is 0 Å². The van der Waals surface area contributed by atoms with Crippen molar-refractivity contribution < 1.29 is 9.72 Å². The molecule has 1 aromatic carbocycles. The summed E-state index contributed by atoms with van der Waals surface area (Å²) < 4.78 is 0. The monoisotopic (exact) mass is 294 g/mol. The number of hydrogen-bond donors (Lipinski definition) is 2. The molecular formula is C12H11ClN4O3. The molecule has 0 radical (unpaired) electrons. The summed E-state index contributed by atoms with van der Waals surface area (Å²) in [5, 5.41) is 13.5. The zero-order valence-corrected chi connectivity index (χ0v) is 11.2.